The van der Waals surface area contributed by atoms with Crippen LogP contribution in [0.15, 0.2) is 12.1 Å². The molecule has 0 fully saturated rings. The van der Waals surface area contributed by atoms with Crippen LogP contribution >= 0.6 is 0 Å². The molecule has 104 valence electrons. The van der Waals surface area contributed by atoms with Crippen molar-refractivity contribution in [1.82, 2.24) is 15.2 Å². The highest BCUT2D eigenvalue weighted by Gasteiger charge is 2.27. The minimum Gasteiger partial charge on any atom is -0.490 e. The third kappa shape index (κ3) is 2.19. The Balaban J connectivity index is 2.76. The van der Waals surface area contributed by atoms with Crippen molar-refractivity contribution in [3.8, 4) is 17.1 Å². The topological polar surface area (TPSA) is 163 Å². The molecule has 0 spiro atoms. The fraction of sp³-hybridized carbons (Fsp3) is 0.111. The molecule has 11 nitrogen and oxygen atoms in total. The van der Waals surface area contributed by atoms with E-state index in [4.69, 9.17) is 10.5 Å². The van der Waals surface area contributed by atoms with Gasteiger partial charge in [0.05, 0.1) is 28.6 Å². The van der Waals surface area contributed by atoms with Crippen LogP contribution in [-0.4, -0.2) is 32.1 Å². The highest BCUT2D eigenvalue weighted by Crippen LogP contribution is 2.39. The van der Waals surface area contributed by atoms with E-state index >= 15 is 0 Å². The van der Waals surface area contributed by atoms with E-state index in [-0.39, 0.29) is 23.1 Å². The molecule has 3 N–H and O–H groups in total. The largest absolute Gasteiger partial charge is 0.490 e. The quantitative estimate of drug-likeness (QED) is 0.615. The fourth-order valence-electron chi connectivity index (χ4n) is 1.63. The highest BCUT2D eigenvalue weighted by atomic mass is 16.6. The molecule has 0 unspecified atom stereocenters. The van der Waals surface area contributed by atoms with E-state index in [9.17, 15) is 20.2 Å². The van der Waals surface area contributed by atoms with Crippen LogP contribution in [0, 0.1) is 20.2 Å². The van der Waals surface area contributed by atoms with Crippen LogP contribution < -0.4 is 10.5 Å². The Morgan fingerprint density at radius 1 is 1.30 bits per heavy atom. The number of non-ortho nitro benzene ring substituents is 1. The van der Waals surface area contributed by atoms with E-state index in [1.165, 1.54) is 7.11 Å². The van der Waals surface area contributed by atoms with Crippen molar-refractivity contribution >= 4 is 17.3 Å². The summed E-state index contributed by atoms with van der Waals surface area (Å²) >= 11 is 0. The molecule has 1 heterocycles. The normalized spacial score (nSPS) is 10.2. The van der Waals surface area contributed by atoms with E-state index in [1.807, 2.05) is 0 Å². The lowest BCUT2D eigenvalue weighted by Crippen LogP contribution is -1.99. The number of rotatable bonds is 4. The Kier molecular flexibility index (Phi) is 3.16. The summed E-state index contributed by atoms with van der Waals surface area (Å²) in [7, 11) is 1.21. The number of nitro benzene ring substituents is 2. The minimum atomic E-state index is -0.783. The Labute approximate surface area is 110 Å². The number of nitrogens with two attached hydrogens (primary N) is 1. The van der Waals surface area contributed by atoms with Crippen LogP contribution in [0.2, 0.25) is 0 Å². The number of nitrogen functional groups attached to an aromatic ring is 1. The van der Waals surface area contributed by atoms with Crippen LogP contribution in [0.5, 0.6) is 5.75 Å². The van der Waals surface area contributed by atoms with Gasteiger partial charge in [-0.05, 0) is 0 Å². The molecule has 2 rings (SSSR count). The van der Waals surface area contributed by atoms with E-state index in [2.05, 4.69) is 15.2 Å². The van der Waals surface area contributed by atoms with Crippen molar-refractivity contribution in [3.05, 3.63) is 32.4 Å². The van der Waals surface area contributed by atoms with Gasteiger partial charge in [0, 0.05) is 6.07 Å². The zero-order valence-electron chi connectivity index (χ0n) is 10.1. The van der Waals surface area contributed by atoms with Crippen LogP contribution in [0.25, 0.3) is 11.4 Å². The lowest BCUT2D eigenvalue weighted by Gasteiger charge is -2.06. The van der Waals surface area contributed by atoms with Gasteiger partial charge in [0.15, 0.2) is 5.82 Å². The number of nitrogens with one attached hydrogen (secondary N) is 1. The second kappa shape index (κ2) is 4.79. The van der Waals surface area contributed by atoms with Gasteiger partial charge in [-0.2, -0.15) is 4.98 Å². The molecule has 2 aromatic rings. The molecule has 0 saturated heterocycles. The molecule has 0 aliphatic heterocycles. The highest BCUT2D eigenvalue weighted by molar-refractivity contribution is 5.75. The molecule has 1 aromatic carbocycles. The molecule has 11 heteroatoms. The van der Waals surface area contributed by atoms with Gasteiger partial charge in [-0.1, -0.05) is 0 Å². The molecule has 0 amide bonds. The summed E-state index contributed by atoms with van der Waals surface area (Å²) < 4.78 is 4.94. The molecule has 20 heavy (non-hydrogen) atoms. The second-order valence-corrected chi connectivity index (χ2v) is 3.60. The van der Waals surface area contributed by atoms with Gasteiger partial charge in [-0.3, -0.25) is 25.3 Å². The monoisotopic (exact) mass is 280 g/mol. The second-order valence-electron chi connectivity index (χ2n) is 3.60. The number of ether oxygens (including phenoxy) is 1. The van der Waals surface area contributed by atoms with Crippen molar-refractivity contribution in [2.45, 2.75) is 0 Å². The number of nitro groups is 2. The first-order chi connectivity index (χ1) is 9.43. The Bertz CT molecular complexity index is 696. The molecule has 0 bridgehead atoms. The van der Waals surface area contributed by atoms with Crippen molar-refractivity contribution in [1.29, 1.82) is 0 Å². The van der Waals surface area contributed by atoms with Gasteiger partial charge in [0.25, 0.3) is 5.69 Å². The number of aromatic amines is 1. The summed E-state index contributed by atoms with van der Waals surface area (Å²) in [6.45, 7) is 0. The van der Waals surface area contributed by atoms with Gasteiger partial charge >= 0.3 is 5.69 Å². The summed E-state index contributed by atoms with van der Waals surface area (Å²) in [4.78, 5) is 24.1. The third-order valence-electron chi connectivity index (χ3n) is 2.42. The van der Waals surface area contributed by atoms with Gasteiger partial charge in [-0.15, -0.1) is 5.10 Å². The summed E-state index contributed by atoms with van der Waals surface area (Å²) in [5.41, 5.74) is 4.35. The van der Waals surface area contributed by atoms with E-state index in [0.717, 1.165) is 12.1 Å². The van der Waals surface area contributed by atoms with Gasteiger partial charge in [0.1, 0.15) is 0 Å². The predicted octanol–water partition coefficient (Wildman–Crippen LogP) is 0.879. The molecule has 1 aromatic heterocycles. The van der Waals surface area contributed by atoms with Crippen LogP contribution in [0.3, 0.4) is 0 Å². The number of methoxy groups -OCH3 is 1. The van der Waals surface area contributed by atoms with Gasteiger partial charge < -0.3 is 10.5 Å². The predicted molar refractivity (Wildman–Crippen MR) is 66.1 cm³/mol. The summed E-state index contributed by atoms with van der Waals surface area (Å²) in [6, 6.07) is 1.90. The fourth-order valence-corrected chi connectivity index (χ4v) is 1.63. The molecular weight excluding hydrogens is 272 g/mol. The SMILES string of the molecule is COc1c(-c2nc(N)n[nH]2)cc([N+](=O)[O-])cc1[N+](=O)[O-]. The third-order valence-corrected chi connectivity index (χ3v) is 2.42. The Morgan fingerprint density at radius 3 is 2.45 bits per heavy atom. The van der Waals surface area contributed by atoms with Crippen molar-refractivity contribution in [2.75, 3.05) is 12.8 Å². The summed E-state index contributed by atoms with van der Waals surface area (Å²) in [6.07, 6.45) is 0. The van der Waals surface area contributed by atoms with Gasteiger partial charge in [-0.25, -0.2) is 0 Å². The van der Waals surface area contributed by atoms with E-state index < -0.39 is 21.2 Å². The number of hydrogen-bond donors (Lipinski definition) is 2. The van der Waals surface area contributed by atoms with E-state index in [1.54, 1.807) is 0 Å². The zero-order valence-corrected chi connectivity index (χ0v) is 10.1. The lowest BCUT2D eigenvalue weighted by molar-refractivity contribution is -0.394. The molecule has 0 radical (unpaired) electrons. The van der Waals surface area contributed by atoms with E-state index in [0.29, 0.717) is 0 Å². The first-order valence-corrected chi connectivity index (χ1v) is 5.13. The number of benzene rings is 1. The first-order valence-electron chi connectivity index (χ1n) is 5.13. The summed E-state index contributed by atoms with van der Waals surface area (Å²) in [5, 5.41) is 27.8. The number of H-pyrrole nitrogens is 1. The van der Waals surface area contributed by atoms with Crippen LogP contribution in [-0.2, 0) is 0 Å². The number of anilines is 1. The van der Waals surface area contributed by atoms with Crippen LogP contribution in [0.4, 0.5) is 17.3 Å². The maximum atomic E-state index is 11.0. The van der Waals surface area contributed by atoms with Crippen LogP contribution in [0.1, 0.15) is 0 Å². The smallest absolute Gasteiger partial charge is 0.318 e. The average Bonchev–Trinajstić information content (AvgIpc) is 2.83. The maximum absolute atomic E-state index is 11.0. The zero-order chi connectivity index (χ0) is 14.9. The molecule has 0 atom stereocenters. The minimum absolute atomic E-state index is 0.0256. The van der Waals surface area contributed by atoms with Crippen molar-refractivity contribution < 1.29 is 14.6 Å². The first kappa shape index (κ1) is 13.2. The van der Waals surface area contributed by atoms with Crippen molar-refractivity contribution in [2.24, 2.45) is 0 Å². The summed E-state index contributed by atoms with van der Waals surface area (Å²) in [5.74, 6) is -0.237. The number of aromatic nitrogens is 3. The number of hydrogen-bond acceptors (Lipinski definition) is 8. The Hall–Kier alpha value is -3.24. The maximum Gasteiger partial charge on any atom is 0.318 e. The molecule has 0 saturated carbocycles. The lowest BCUT2D eigenvalue weighted by atomic mass is 10.1. The standard InChI is InChI=1S/C9H8N6O5/c1-20-7-5(8-11-9(10)13-12-8)2-4(14(16)17)3-6(7)15(18)19/h2-3H,1H3,(H3,10,11,12,13). The Morgan fingerprint density at radius 2 is 2.00 bits per heavy atom. The molecule has 0 aliphatic rings. The molecular formula is C9H8N6O5. The number of nitrogens with zero attached hydrogens (tertiary/aromatic N) is 4. The van der Waals surface area contributed by atoms with Gasteiger partial charge in [0.2, 0.25) is 11.7 Å². The molecule has 0 aliphatic carbocycles. The average molecular weight is 280 g/mol. The van der Waals surface area contributed by atoms with Crippen molar-refractivity contribution in [3.63, 3.8) is 0 Å².